The third-order valence-electron chi connectivity index (χ3n) is 1.01. The first-order valence-electron chi connectivity index (χ1n) is 4.05. The standard InChI is InChI=1S/C10H13NO2/c1-3-13-9-11-8-6-4-5-7-10(2)12/h11H,3,8-9H2,1-2H3. The lowest BCUT2D eigenvalue weighted by Gasteiger charge is -1.97. The van der Waals surface area contributed by atoms with Crippen LogP contribution in [0, 0.1) is 23.7 Å². The minimum absolute atomic E-state index is 0.170. The fourth-order valence-corrected chi connectivity index (χ4v) is 0.495. The molecule has 70 valence electrons. The van der Waals surface area contributed by atoms with E-state index in [9.17, 15) is 4.79 Å². The quantitative estimate of drug-likeness (QED) is 0.289. The van der Waals surface area contributed by atoms with Crippen LogP contribution in [0.1, 0.15) is 13.8 Å². The molecule has 1 N–H and O–H groups in total. The molecule has 0 atom stereocenters. The van der Waals surface area contributed by atoms with Gasteiger partial charge in [-0.05, 0) is 24.7 Å². The molecule has 0 radical (unpaired) electrons. The van der Waals surface area contributed by atoms with Crippen LogP contribution in [0.5, 0.6) is 0 Å². The Hall–Kier alpha value is -1.29. The van der Waals surface area contributed by atoms with Crippen molar-refractivity contribution in [2.24, 2.45) is 0 Å². The summed E-state index contributed by atoms with van der Waals surface area (Å²) in [7, 11) is 0. The lowest BCUT2D eigenvalue weighted by Crippen LogP contribution is -2.17. The zero-order chi connectivity index (χ0) is 9.94. The zero-order valence-corrected chi connectivity index (χ0v) is 7.94. The number of hydrogen-bond donors (Lipinski definition) is 1. The van der Waals surface area contributed by atoms with Crippen molar-refractivity contribution in [1.29, 1.82) is 0 Å². The minimum atomic E-state index is -0.170. The van der Waals surface area contributed by atoms with Gasteiger partial charge in [0.25, 0.3) is 0 Å². The Bertz CT molecular complexity index is 262. The molecule has 0 spiro atoms. The van der Waals surface area contributed by atoms with Crippen molar-refractivity contribution in [3.63, 3.8) is 0 Å². The van der Waals surface area contributed by atoms with E-state index in [-0.39, 0.29) is 5.78 Å². The van der Waals surface area contributed by atoms with Crippen molar-refractivity contribution >= 4 is 5.78 Å². The molecule has 0 saturated heterocycles. The van der Waals surface area contributed by atoms with Gasteiger partial charge < -0.3 is 4.74 Å². The van der Waals surface area contributed by atoms with Gasteiger partial charge in [-0.3, -0.25) is 10.1 Å². The number of Topliss-reactive ketones (excluding diaryl/α,β-unsaturated/α-hetero) is 1. The molecule has 0 aromatic rings. The van der Waals surface area contributed by atoms with Gasteiger partial charge in [0.15, 0.2) is 0 Å². The summed E-state index contributed by atoms with van der Waals surface area (Å²) in [6, 6.07) is 0. The minimum Gasteiger partial charge on any atom is -0.367 e. The molecular formula is C10H13NO2. The normalized spacial score (nSPS) is 7.85. The van der Waals surface area contributed by atoms with Crippen LogP contribution in [-0.4, -0.2) is 25.7 Å². The van der Waals surface area contributed by atoms with Gasteiger partial charge in [0.2, 0.25) is 5.78 Å². The Kier molecular flexibility index (Phi) is 7.93. The molecule has 0 heterocycles. The van der Waals surface area contributed by atoms with E-state index < -0.39 is 0 Å². The van der Waals surface area contributed by atoms with Crippen LogP contribution in [0.25, 0.3) is 0 Å². The van der Waals surface area contributed by atoms with Gasteiger partial charge >= 0.3 is 0 Å². The molecule has 0 fully saturated rings. The second-order valence-electron chi connectivity index (χ2n) is 2.17. The summed E-state index contributed by atoms with van der Waals surface area (Å²) in [6.07, 6.45) is 0. The Balaban J connectivity index is 3.42. The highest BCUT2D eigenvalue weighted by molar-refractivity contribution is 5.93. The van der Waals surface area contributed by atoms with Gasteiger partial charge in [-0.1, -0.05) is 5.92 Å². The van der Waals surface area contributed by atoms with E-state index in [1.165, 1.54) is 6.92 Å². The molecule has 0 rings (SSSR count). The second-order valence-corrected chi connectivity index (χ2v) is 2.17. The summed E-state index contributed by atoms with van der Waals surface area (Å²) in [5, 5.41) is 2.93. The molecule has 0 unspecified atom stereocenters. The van der Waals surface area contributed by atoms with Gasteiger partial charge in [-0.2, -0.15) is 0 Å². The van der Waals surface area contributed by atoms with Crippen molar-refractivity contribution in [1.82, 2.24) is 5.32 Å². The molecule has 3 nitrogen and oxygen atoms in total. The fraction of sp³-hybridized carbons (Fsp3) is 0.500. The summed E-state index contributed by atoms with van der Waals surface area (Å²) < 4.78 is 5.01. The van der Waals surface area contributed by atoms with Gasteiger partial charge in [-0.15, -0.1) is 0 Å². The van der Waals surface area contributed by atoms with E-state index in [4.69, 9.17) is 4.74 Å². The number of ether oxygens (including phenoxy) is 1. The Morgan fingerprint density at radius 1 is 1.46 bits per heavy atom. The number of carbonyl (C=O) groups is 1. The lowest BCUT2D eigenvalue weighted by atomic mass is 10.4. The summed E-state index contributed by atoms with van der Waals surface area (Å²) in [5.74, 6) is 9.87. The smallest absolute Gasteiger partial charge is 0.203 e. The Labute approximate surface area is 78.8 Å². The highest BCUT2D eigenvalue weighted by Crippen LogP contribution is 1.66. The fourth-order valence-electron chi connectivity index (χ4n) is 0.495. The van der Waals surface area contributed by atoms with E-state index in [1.807, 2.05) is 6.92 Å². The predicted octanol–water partition coefficient (Wildman–Crippen LogP) is 0.166. The van der Waals surface area contributed by atoms with Crippen LogP contribution in [0.2, 0.25) is 0 Å². The van der Waals surface area contributed by atoms with Gasteiger partial charge in [0, 0.05) is 13.5 Å². The summed E-state index contributed by atoms with van der Waals surface area (Å²) in [6.45, 7) is 5.02. The predicted molar refractivity (Wildman–Crippen MR) is 50.7 cm³/mol. The molecule has 0 saturated carbocycles. The van der Waals surface area contributed by atoms with Crippen LogP contribution in [0.15, 0.2) is 0 Å². The highest BCUT2D eigenvalue weighted by Gasteiger charge is 1.79. The van der Waals surface area contributed by atoms with Crippen molar-refractivity contribution in [2.75, 3.05) is 19.9 Å². The molecule has 0 aromatic carbocycles. The van der Waals surface area contributed by atoms with E-state index in [0.29, 0.717) is 19.9 Å². The van der Waals surface area contributed by atoms with Crippen molar-refractivity contribution in [2.45, 2.75) is 13.8 Å². The zero-order valence-electron chi connectivity index (χ0n) is 7.94. The second kappa shape index (κ2) is 8.80. The Morgan fingerprint density at radius 3 is 2.85 bits per heavy atom. The van der Waals surface area contributed by atoms with E-state index >= 15 is 0 Å². The molecule has 0 aromatic heterocycles. The molecule has 0 amide bonds. The van der Waals surface area contributed by atoms with E-state index in [1.54, 1.807) is 0 Å². The molecule has 0 aliphatic rings. The molecule has 13 heavy (non-hydrogen) atoms. The molecule has 0 aliphatic heterocycles. The van der Waals surface area contributed by atoms with Gasteiger partial charge in [0.1, 0.15) is 0 Å². The number of carbonyl (C=O) groups excluding carboxylic acids is 1. The lowest BCUT2D eigenvalue weighted by molar-refractivity contribution is -0.111. The summed E-state index contributed by atoms with van der Waals surface area (Å²) in [5.41, 5.74) is 0. The average molecular weight is 179 g/mol. The van der Waals surface area contributed by atoms with Crippen molar-refractivity contribution < 1.29 is 9.53 Å². The van der Waals surface area contributed by atoms with Crippen LogP contribution in [-0.2, 0) is 9.53 Å². The van der Waals surface area contributed by atoms with Crippen LogP contribution < -0.4 is 5.32 Å². The topological polar surface area (TPSA) is 38.3 Å². The highest BCUT2D eigenvalue weighted by atomic mass is 16.5. The molecule has 0 aliphatic carbocycles. The first kappa shape index (κ1) is 11.7. The molecule has 0 bridgehead atoms. The number of rotatable bonds is 4. The van der Waals surface area contributed by atoms with Crippen LogP contribution >= 0.6 is 0 Å². The van der Waals surface area contributed by atoms with Crippen molar-refractivity contribution in [3.05, 3.63) is 0 Å². The molecular weight excluding hydrogens is 166 g/mol. The largest absolute Gasteiger partial charge is 0.367 e. The summed E-state index contributed by atoms with van der Waals surface area (Å²) >= 11 is 0. The first-order chi connectivity index (χ1) is 6.27. The maximum atomic E-state index is 10.3. The van der Waals surface area contributed by atoms with Gasteiger partial charge in [0.05, 0.1) is 13.3 Å². The average Bonchev–Trinajstić information content (AvgIpc) is 2.09. The van der Waals surface area contributed by atoms with Crippen LogP contribution in [0.4, 0.5) is 0 Å². The maximum Gasteiger partial charge on any atom is 0.203 e. The number of nitrogens with one attached hydrogen (secondary N) is 1. The monoisotopic (exact) mass is 179 g/mol. The number of hydrogen-bond acceptors (Lipinski definition) is 3. The first-order valence-corrected chi connectivity index (χ1v) is 4.05. The van der Waals surface area contributed by atoms with E-state index in [0.717, 1.165) is 0 Å². The van der Waals surface area contributed by atoms with Crippen molar-refractivity contribution in [3.8, 4) is 23.7 Å². The third-order valence-corrected chi connectivity index (χ3v) is 1.01. The van der Waals surface area contributed by atoms with E-state index in [2.05, 4.69) is 29.0 Å². The van der Waals surface area contributed by atoms with Crippen LogP contribution in [0.3, 0.4) is 0 Å². The SMILES string of the molecule is CCOCNCC#CC#CC(C)=O. The van der Waals surface area contributed by atoms with Gasteiger partial charge in [-0.25, -0.2) is 0 Å². The third kappa shape index (κ3) is 10.7. The molecule has 3 heteroatoms. The maximum absolute atomic E-state index is 10.3. The summed E-state index contributed by atoms with van der Waals surface area (Å²) in [4.78, 5) is 10.3. The Morgan fingerprint density at radius 2 is 2.23 bits per heavy atom. The number of ketones is 1.